The number of aliphatic imine (C=N–C) groups is 1. The Morgan fingerprint density at radius 1 is 1.26 bits per heavy atom. The van der Waals surface area contributed by atoms with Crippen LogP contribution in [0.2, 0.25) is 5.02 Å². The number of halogens is 2. The highest BCUT2D eigenvalue weighted by Gasteiger charge is 2.02. The quantitative estimate of drug-likeness (QED) is 0.411. The monoisotopic (exact) mass is 445 g/mol. The van der Waals surface area contributed by atoms with E-state index >= 15 is 0 Å². The van der Waals surface area contributed by atoms with Crippen molar-refractivity contribution in [1.82, 2.24) is 0 Å². The molecule has 3 N–H and O–H groups in total. The van der Waals surface area contributed by atoms with Crippen LogP contribution in [0.3, 0.4) is 0 Å². The van der Waals surface area contributed by atoms with Crippen LogP contribution < -0.4 is 15.8 Å². The maximum atomic E-state index is 6.07. The van der Waals surface area contributed by atoms with Gasteiger partial charge in [0.15, 0.2) is 5.96 Å². The van der Waals surface area contributed by atoms with E-state index in [0.717, 1.165) is 12.1 Å². The molecule has 0 atom stereocenters. The first-order valence-electron chi connectivity index (χ1n) is 7.05. The molecule has 2 aromatic rings. The molecule has 0 fully saturated rings. The third-order valence-corrected chi connectivity index (χ3v) is 3.64. The molecule has 0 aromatic heterocycles. The number of anilines is 1. The van der Waals surface area contributed by atoms with Gasteiger partial charge in [0, 0.05) is 12.2 Å². The van der Waals surface area contributed by atoms with Gasteiger partial charge in [-0.2, -0.15) is 0 Å². The summed E-state index contributed by atoms with van der Waals surface area (Å²) >= 11 is 6.07. The van der Waals surface area contributed by atoms with E-state index < -0.39 is 0 Å². The highest BCUT2D eigenvalue weighted by molar-refractivity contribution is 14.0. The Bertz CT molecular complexity index is 677. The van der Waals surface area contributed by atoms with Gasteiger partial charge in [0.2, 0.25) is 0 Å². The van der Waals surface area contributed by atoms with Crippen molar-refractivity contribution in [2.24, 2.45) is 10.7 Å². The molecule has 0 aliphatic carbocycles. The van der Waals surface area contributed by atoms with Crippen molar-refractivity contribution >= 4 is 47.2 Å². The summed E-state index contributed by atoms with van der Waals surface area (Å²) in [5, 5.41) is 3.55. The van der Waals surface area contributed by atoms with Gasteiger partial charge in [-0.05, 0) is 42.7 Å². The van der Waals surface area contributed by atoms with Crippen molar-refractivity contribution in [2.75, 3.05) is 19.0 Å². The van der Waals surface area contributed by atoms with E-state index in [1.165, 1.54) is 11.1 Å². The van der Waals surface area contributed by atoms with Crippen molar-refractivity contribution in [3.63, 3.8) is 0 Å². The molecule has 0 spiro atoms. The summed E-state index contributed by atoms with van der Waals surface area (Å²) in [6.45, 7) is 2.73. The van der Waals surface area contributed by atoms with Crippen LogP contribution >= 0.6 is 35.6 Å². The van der Waals surface area contributed by atoms with Gasteiger partial charge >= 0.3 is 0 Å². The van der Waals surface area contributed by atoms with Crippen molar-refractivity contribution < 1.29 is 4.74 Å². The lowest BCUT2D eigenvalue weighted by atomic mass is 10.1. The lowest BCUT2D eigenvalue weighted by molar-refractivity contribution is 0.415. The largest absolute Gasteiger partial charge is 0.495 e. The molecule has 0 aliphatic heterocycles. The fourth-order valence-corrected chi connectivity index (χ4v) is 2.38. The van der Waals surface area contributed by atoms with Gasteiger partial charge < -0.3 is 15.8 Å². The maximum Gasteiger partial charge on any atom is 0.193 e. The van der Waals surface area contributed by atoms with Crippen LogP contribution in [0.25, 0.3) is 0 Å². The molecule has 0 amide bonds. The number of aryl methyl sites for hydroxylation is 1. The van der Waals surface area contributed by atoms with Crippen LogP contribution in [0.4, 0.5) is 5.69 Å². The molecule has 124 valence electrons. The van der Waals surface area contributed by atoms with Gasteiger partial charge in [0.05, 0.1) is 12.1 Å². The highest BCUT2D eigenvalue weighted by Crippen LogP contribution is 2.26. The molecule has 23 heavy (non-hydrogen) atoms. The lowest BCUT2D eigenvalue weighted by Crippen LogP contribution is -2.23. The first-order valence-corrected chi connectivity index (χ1v) is 7.43. The van der Waals surface area contributed by atoms with Gasteiger partial charge in [-0.15, -0.1) is 24.0 Å². The number of rotatable bonds is 5. The highest BCUT2D eigenvalue weighted by atomic mass is 127. The Morgan fingerprint density at radius 3 is 2.65 bits per heavy atom. The zero-order chi connectivity index (χ0) is 15.9. The Kier molecular flexibility index (Phi) is 8.19. The standard InChI is InChI=1S/C17H20ClN3O.HI/c1-12-5-3-4-6-13(12)9-10-20-17(19)21-14-7-8-16(22-2)15(18)11-14;/h3-8,11H,9-10H2,1-2H3,(H3,19,20,21);1H. The molecule has 2 aromatic carbocycles. The average molecular weight is 446 g/mol. The predicted octanol–water partition coefficient (Wildman–Crippen LogP) is 4.24. The Morgan fingerprint density at radius 2 is 2.00 bits per heavy atom. The molecular weight excluding hydrogens is 425 g/mol. The molecule has 0 saturated heterocycles. The molecule has 0 saturated carbocycles. The summed E-state index contributed by atoms with van der Waals surface area (Å²) in [5.74, 6) is 0.997. The first-order chi connectivity index (χ1) is 10.6. The zero-order valence-electron chi connectivity index (χ0n) is 13.2. The van der Waals surface area contributed by atoms with E-state index in [2.05, 4.69) is 29.4 Å². The van der Waals surface area contributed by atoms with E-state index in [-0.39, 0.29) is 24.0 Å². The van der Waals surface area contributed by atoms with Crippen LogP contribution in [0.1, 0.15) is 11.1 Å². The molecule has 2 rings (SSSR count). The Balaban J connectivity index is 0.00000264. The summed E-state index contributed by atoms with van der Waals surface area (Å²) in [6, 6.07) is 13.7. The summed E-state index contributed by atoms with van der Waals surface area (Å²) in [5.41, 5.74) is 9.23. The summed E-state index contributed by atoms with van der Waals surface area (Å²) in [6.07, 6.45) is 0.860. The number of nitrogens with one attached hydrogen (secondary N) is 1. The topological polar surface area (TPSA) is 59.6 Å². The van der Waals surface area contributed by atoms with Crippen LogP contribution in [0.15, 0.2) is 47.5 Å². The first kappa shape index (κ1) is 19.6. The summed E-state index contributed by atoms with van der Waals surface area (Å²) < 4.78 is 5.11. The van der Waals surface area contributed by atoms with Gasteiger partial charge in [0.25, 0.3) is 0 Å². The van der Waals surface area contributed by atoms with Crippen LogP contribution in [-0.2, 0) is 6.42 Å². The van der Waals surface area contributed by atoms with Crippen LogP contribution in [0.5, 0.6) is 5.75 Å². The number of hydrogen-bond donors (Lipinski definition) is 2. The smallest absolute Gasteiger partial charge is 0.193 e. The van der Waals surface area contributed by atoms with Crippen molar-refractivity contribution in [2.45, 2.75) is 13.3 Å². The van der Waals surface area contributed by atoms with Crippen LogP contribution in [-0.4, -0.2) is 19.6 Å². The molecule has 4 nitrogen and oxygen atoms in total. The molecule has 0 heterocycles. The molecule has 0 unspecified atom stereocenters. The Hall–Kier alpha value is -1.47. The molecule has 0 bridgehead atoms. The van der Waals surface area contributed by atoms with E-state index in [1.54, 1.807) is 19.2 Å². The number of methoxy groups -OCH3 is 1. The van der Waals surface area contributed by atoms with Gasteiger partial charge in [-0.25, -0.2) is 0 Å². The van der Waals surface area contributed by atoms with E-state index in [9.17, 15) is 0 Å². The average Bonchev–Trinajstić information content (AvgIpc) is 2.49. The maximum absolute atomic E-state index is 6.07. The number of ether oxygens (including phenoxy) is 1. The van der Waals surface area contributed by atoms with Crippen LogP contribution in [0, 0.1) is 6.92 Å². The minimum Gasteiger partial charge on any atom is -0.495 e. The van der Waals surface area contributed by atoms with Gasteiger partial charge in [-0.3, -0.25) is 4.99 Å². The van der Waals surface area contributed by atoms with E-state index in [4.69, 9.17) is 22.1 Å². The second kappa shape index (κ2) is 9.62. The fraction of sp³-hybridized carbons (Fsp3) is 0.235. The summed E-state index contributed by atoms with van der Waals surface area (Å²) in [4.78, 5) is 4.34. The third-order valence-electron chi connectivity index (χ3n) is 3.35. The molecule has 6 heteroatoms. The second-order valence-electron chi connectivity index (χ2n) is 4.92. The number of guanidine groups is 1. The second-order valence-corrected chi connectivity index (χ2v) is 5.32. The van der Waals surface area contributed by atoms with Crippen molar-refractivity contribution in [1.29, 1.82) is 0 Å². The lowest BCUT2D eigenvalue weighted by Gasteiger charge is -2.08. The predicted molar refractivity (Wildman–Crippen MR) is 108 cm³/mol. The zero-order valence-corrected chi connectivity index (χ0v) is 16.3. The van der Waals surface area contributed by atoms with Crippen molar-refractivity contribution in [3.8, 4) is 5.75 Å². The van der Waals surface area contributed by atoms with E-state index in [0.29, 0.717) is 23.3 Å². The van der Waals surface area contributed by atoms with E-state index in [1.807, 2.05) is 18.2 Å². The Labute approximate surface area is 159 Å². The van der Waals surface area contributed by atoms with Gasteiger partial charge in [-0.1, -0.05) is 35.9 Å². The minimum absolute atomic E-state index is 0. The van der Waals surface area contributed by atoms with Gasteiger partial charge in [0.1, 0.15) is 5.75 Å². The number of nitrogens with zero attached hydrogens (tertiary/aromatic N) is 1. The van der Waals surface area contributed by atoms with Crippen molar-refractivity contribution in [3.05, 3.63) is 58.6 Å². The number of benzene rings is 2. The fourth-order valence-electron chi connectivity index (χ4n) is 2.12. The third kappa shape index (κ3) is 5.91. The number of hydrogen-bond acceptors (Lipinski definition) is 2. The SMILES string of the molecule is COc1ccc(NC(N)=NCCc2ccccc2C)cc1Cl.I. The molecule has 0 aliphatic rings. The summed E-state index contributed by atoms with van der Waals surface area (Å²) in [7, 11) is 1.58. The number of nitrogens with two attached hydrogens (primary N) is 1. The normalized spacial score (nSPS) is 10.8. The molecule has 0 radical (unpaired) electrons. The minimum atomic E-state index is 0. The molecular formula is C17H21ClIN3O.